The number of aromatic amines is 1. The molecule has 0 amide bonds. The standard InChI is InChI=1S/C20H29N5O3/c1-5-15(23-21-12-13-24(6-2)7-3)17-18(26)22-20(28)25(19(17)27)16-11-9-8-10-14(16)4/h8-11,21,27H,5-7,12-13H2,1-4H3,(H,22,26,28). The molecule has 0 unspecified atom stereocenters. The van der Waals surface area contributed by atoms with Crippen molar-refractivity contribution in [1.29, 1.82) is 0 Å². The highest BCUT2D eigenvalue weighted by Gasteiger charge is 2.20. The van der Waals surface area contributed by atoms with Crippen LogP contribution >= 0.6 is 0 Å². The number of nitrogens with one attached hydrogen (secondary N) is 2. The van der Waals surface area contributed by atoms with E-state index >= 15 is 0 Å². The fourth-order valence-electron chi connectivity index (χ4n) is 3.03. The second-order valence-electron chi connectivity index (χ2n) is 6.43. The van der Waals surface area contributed by atoms with Crippen LogP contribution in [-0.2, 0) is 0 Å². The molecule has 0 saturated carbocycles. The molecule has 0 bridgehead atoms. The van der Waals surface area contributed by atoms with Crippen LogP contribution in [0.4, 0.5) is 0 Å². The van der Waals surface area contributed by atoms with E-state index < -0.39 is 17.1 Å². The summed E-state index contributed by atoms with van der Waals surface area (Å²) in [6.07, 6.45) is 0.418. The van der Waals surface area contributed by atoms with Gasteiger partial charge in [-0.1, -0.05) is 39.0 Å². The van der Waals surface area contributed by atoms with Gasteiger partial charge in [0.1, 0.15) is 5.56 Å². The third kappa shape index (κ3) is 4.69. The summed E-state index contributed by atoms with van der Waals surface area (Å²) < 4.78 is 1.10. The van der Waals surface area contributed by atoms with E-state index in [0.717, 1.165) is 29.8 Å². The number of hydrogen-bond donors (Lipinski definition) is 3. The molecular weight excluding hydrogens is 358 g/mol. The Morgan fingerprint density at radius 1 is 1.21 bits per heavy atom. The van der Waals surface area contributed by atoms with Gasteiger partial charge in [0.25, 0.3) is 5.56 Å². The lowest BCUT2D eigenvalue weighted by Crippen LogP contribution is -2.34. The van der Waals surface area contributed by atoms with Crippen molar-refractivity contribution in [3.63, 3.8) is 0 Å². The zero-order valence-corrected chi connectivity index (χ0v) is 17.0. The van der Waals surface area contributed by atoms with Crippen molar-refractivity contribution in [2.45, 2.75) is 34.1 Å². The topological polar surface area (TPSA) is 103 Å². The van der Waals surface area contributed by atoms with Crippen molar-refractivity contribution >= 4 is 5.71 Å². The predicted molar refractivity (Wildman–Crippen MR) is 112 cm³/mol. The van der Waals surface area contributed by atoms with Crippen molar-refractivity contribution in [2.75, 3.05) is 26.2 Å². The second kappa shape index (κ2) is 9.89. The maximum Gasteiger partial charge on any atom is 0.335 e. The quantitative estimate of drug-likeness (QED) is 0.344. The molecule has 0 atom stereocenters. The van der Waals surface area contributed by atoms with Gasteiger partial charge in [-0.2, -0.15) is 5.10 Å². The van der Waals surface area contributed by atoms with Crippen LogP contribution in [0.3, 0.4) is 0 Å². The normalized spacial score (nSPS) is 11.8. The Balaban J connectivity index is 2.42. The van der Waals surface area contributed by atoms with Crippen LogP contribution in [0.5, 0.6) is 5.88 Å². The lowest BCUT2D eigenvalue weighted by Gasteiger charge is -2.17. The van der Waals surface area contributed by atoms with Crippen LogP contribution in [0.1, 0.15) is 38.3 Å². The first-order valence-corrected chi connectivity index (χ1v) is 9.60. The Hall–Kier alpha value is -2.87. The number of nitrogens with zero attached hydrogens (tertiary/aromatic N) is 3. The van der Waals surface area contributed by atoms with Gasteiger partial charge in [0, 0.05) is 13.1 Å². The summed E-state index contributed by atoms with van der Waals surface area (Å²) in [4.78, 5) is 29.3. The van der Waals surface area contributed by atoms with E-state index in [9.17, 15) is 14.7 Å². The third-order valence-electron chi connectivity index (χ3n) is 4.71. The van der Waals surface area contributed by atoms with Crippen LogP contribution in [-0.4, -0.2) is 51.4 Å². The molecule has 2 aromatic rings. The summed E-state index contributed by atoms with van der Waals surface area (Å²) in [6, 6.07) is 7.15. The largest absolute Gasteiger partial charge is 0.493 e. The fraction of sp³-hybridized carbons (Fsp3) is 0.450. The smallest absolute Gasteiger partial charge is 0.335 e. The van der Waals surface area contributed by atoms with E-state index in [1.807, 2.05) is 26.0 Å². The minimum absolute atomic E-state index is 0.000641. The molecule has 2 rings (SSSR count). The van der Waals surface area contributed by atoms with Gasteiger partial charge in [0.15, 0.2) is 0 Å². The van der Waals surface area contributed by atoms with Crippen molar-refractivity contribution in [2.24, 2.45) is 5.10 Å². The average Bonchev–Trinajstić information content (AvgIpc) is 2.67. The van der Waals surface area contributed by atoms with Crippen LogP contribution in [0.15, 0.2) is 39.0 Å². The molecule has 152 valence electrons. The second-order valence-corrected chi connectivity index (χ2v) is 6.43. The molecule has 8 nitrogen and oxygen atoms in total. The number of benzene rings is 1. The zero-order valence-electron chi connectivity index (χ0n) is 17.0. The summed E-state index contributed by atoms with van der Waals surface area (Å²) in [5, 5.41) is 15.1. The van der Waals surface area contributed by atoms with Gasteiger partial charge in [-0.15, -0.1) is 0 Å². The molecule has 3 N–H and O–H groups in total. The van der Waals surface area contributed by atoms with E-state index in [2.05, 4.69) is 34.3 Å². The van der Waals surface area contributed by atoms with Crippen LogP contribution < -0.4 is 16.7 Å². The number of aromatic hydroxyl groups is 1. The summed E-state index contributed by atoms with van der Waals surface area (Å²) >= 11 is 0. The van der Waals surface area contributed by atoms with Crippen LogP contribution in [0.2, 0.25) is 0 Å². The van der Waals surface area contributed by atoms with Gasteiger partial charge >= 0.3 is 5.69 Å². The Morgan fingerprint density at radius 2 is 1.89 bits per heavy atom. The average molecular weight is 387 g/mol. The predicted octanol–water partition coefficient (Wildman–Crippen LogP) is 1.59. The molecular formula is C20H29N5O3. The number of rotatable bonds is 9. The fourth-order valence-corrected chi connectivity index (χ4v) is 3.03. The zero-order chi connectivity index (χ0) is 20.7. The van der Waals surface area contributed by atoms with E-state index in [0.29, 0.717) is 24.4 Å². The van der Waals surface area contributed by atoms with Gasteiger partial charge in [0.2, 0.25) is 5.88 Å². The highest BCUT2D eigenvalue weighted by Crippen LogP contribution is 2.20. The van der Waals surface area contributed by atoms with E-state index in [1.165, 1.54) is 0 Å². The molecule has 0 fully saturated rings. The Kier molecular flexibility index (Phi) is 7.57. The first-order chi connectivity index (χ1) is 13.4. The third-order valence-corrected chi connectivity index (χ3v) is 4.71. The first kappa shape index (κ1) is 21.4. The number of aryl methyl sites for hydroxylation is 1. The SMILES string of the molecule is CCC(=NNCCN(CC)CC)c1c(O)n(-c2ccccc2C)c(=O)[nH]c1=O. The lowest BCUT2D eigenvalue weighted by atomic mass is 10.1. The Labute approximate surface area is 164 Å². The number of likely N-dealkylation sites (N-methyl/N-ethyl adjacent to an activating group) is 1. The van der Waals surface area contributed by atoms with Crippen LogP contribution in [0, 0.1) is 6.92 Å². The summed E-state index contributed by atoms with van der Waals surface area (Å²) in [7, 11) is 0. The molecule has 0 aliphatic rings. The monoisotopic (exact) mass is 387 g/mol. The molecule has 0 aliphatic heterocycles. The van der Waals surface area contributed by atoms with Crippen molar-refractivity contribution in [1.82, 2.24) is 19.9 Å². The van der Waals surface area contributed by atoms with Gasteiger partial charge in [-0.3, -0.25) is 9.78 Å². The molecule has 0 radical (unpaired) electrons. The summed E-state index contributed by atoms with van der Waals surface area (Å²) in [5.74, 6) is -0.408. The Bertz CT molecular complexity index is 942. The van der Waals surface area contributed by atoms with Gasteiger partial charge in [-0.25, -0.2) is 9.36 Å². The van der Waals surface area contributed by atoms with Crippen molar-refractivity contribution in [3.05, 3.63) is 56.2 Å². The van der Waals surface area contributed by atoms with Crippen LogP contribution in [0.25, 0.3) is 5.69 Å². The van der Waals surface area contributed by atoms with Gasteiger partial charge in [-0.05, 0) is 38.1 Å². The molecule has 0 spiro atoms. The highest BCUT2D eigenvalue weighted by atomic mass is 16.3. The van der Waals surface area contributed by atoms with E-state index in [1.54, 1.807) is 12.1 Å². The van der Waals surface area contributed by atoms with Crippen molar-refractivity contribution < 1.29 is 5.11 Å². The minimum Gasteiger partial charge on any atom is -0.493 e. The van der Waals surface area contributed by atoms with Crippen molar-refractivity contribution in [3.8, 4) is 11.6 Å². The number of para-hydroxylation sites is 1. The molecule has 1 aromatic carbocycles. The minimum atomic E-state index is -0.689. The molecule has 1 heterocycles. The molecule has 1 aromatic heterocycles. The van der Waals surface area contributed by atoms with Gasteiger partial charge in [0.05, 0.1) is 11.4 Å². The lowest BCUT2D eigenvalue weighted by molar-refractivity contribution is 0.303. The summed E-state index contributed by atoms with van der Waals surface area (Å²) in [5.41, 5.74) is 3.32. The highest BCUT2D eigenvalue weighted by molar-refractivity contribution is 6.01. The summed E-state index contributed by atoms with van der Waals surface area (Å²) in [6.45, 7) is 11.2. The molecule has 0 aliphatic carbocycles. The molecule has 28 heavy (non-hydrogen) atoms. The number of aromatic nitrogens is 2. The number of hydrogen-bond acceptors (Lipinski definition) is 6. The number of hydrazone groups is 1. The maximum absolute atomic E-state index is 12.4. The molecule has 0 saturated heterocycles. The maximum atomic E-state index is 12.4. The first-order valence-electron chi connectivity index (χ1n) is 9.60. The molecule has 8 heteroatoms. The Morgan fingerprint density at radius 3 is 2.50 bits per heavy atom. The van der Waals surface area contributed by atoms with E-state index in [-0.39, 0.29) is 5.56 Å². The van der Waals surface area contributed by atoms with E-state index in [4.69, 9.17) is 0 Å². The number of H-pyrrole nitrogens is 1. The van der Waals surface area contributed by atoms with Gasteiger partial charge < -0.3 is 15.4 Å².